The van der Waals surface area contributed by atoms with Crippen LogP contribution in [0, 0.1) is 11.3 Å². The van der Waals surface area contributed by atoms with Crippen molar-refractivity contribution in [3.05, 3.63) is 64.4 Å². The summed E-state index contributed by atoms with van der Waals surface area (Å²) < 4.78 is 0. The fourth-order valence-electron chi connectivity index (χ4n) is 1.58. The Hall–Kier alpha value is -2.38. The normalized spacial score (nSPS) is 9.68. The number of amides is 1. The van der Waals surface area contributed by atoms with Gasteiger partial charge in [0.15, 0.2) is 0 Å². The van der Waals surface area contributed by atoms with Gasteiger partial charge in [0.05, 0.1) is 11.6 Å². The number of nitrogens with zero attached hydrogens (tertiary/aromatic N) is 2. The molecular formula is C14H10ClN3O. The van der Waals surface area contributed by atoms with Gasteiger partial charge in [-0.05, 0) is 29.8 Å². The molecule has 2 rings (SSSR count). The zero-order chi connectivity index (χ0) is 13.7. The molecule has 0 bridgehead atoms. The molecule has 0 saturated heterocycles. The molecule has 94 valence electrons. The highest BCUT2D eigenvalue weighted by atomic mass is 35.5. The van der Waals surface area contributed by atoms with Crippen LogP contribution in [0.3, 0.4) is 0 Å². The van der Waals surface area contributed by atoms with Crippen LogP contribution in [0.2, 0.25) is 5.15 Å². The first-order valence-electron chi connectivity index (χ1n) is 5.58. The van der Waals surface area contributed by atoms with Gasteiger partial charge in [-0.1, -0.05) is 23.7 Å². The molecule has 5 heteroatoms. The predicted octanol–water partition coefficient (Wildman–Crippen LogP) is 2.54. The fraction of sp³-hybridized carbons (Fsp3) is 0.0714. The maximum absolute atomic E-state index is 11.9. The molecule has 1 amide bonds. The Morgan fingerprint density at radius 3 is 2.95 bits per heavy atom. The summed E-state index contributed by atoms with van der Waals surface area (Å²) in [4.78, 5) is 15.7. The van der Waals surface area contributed by atoms with Crippen molar-refractivity contribution >= 4 is 17.5 Å². The topological polar surface area (TPSA) is 65.8 Å². The van der Waals surface area contributed by atoms with Crippen LogP contribution in [0.1, 0.15) is 21.5 Å². The molecule has 1 heterocycles. The van der Waals surface area contributed by atoms with Crippen molar-refractivity contribution in [1.82, 2.24) is 10.3 Å². The summed E-state index contributed by atoms with van der Waals surface area (Å²) in [6.07, 6.45) is 1.48. The SMILES string of the molecule is N#Cc1cccc(CNC(=O)c2ccnc(Cl)c2)c1. The standard InChI is InChI=1S/C14H10ClN3O/c15-13-7-12(4-5-17-13)14(19)18-9-11-3-1-2-10(6-11)8-16/h1-7H,9H2,(H,18,19). The largest absolute Gasteiger partial charge is 0.348 e. The van der Waals surface area contributed by atoms with Gasteiger partial charge < -0.3 is 5.32 Å². The lowest BCUT2D eigenvalue weighted by Crippen LogP contribution is -2.22. The Kier molecular flexibility index (Phi) is 4.11. The molecular weight excluding hydrogens is 262 g/mol. The van der Waals surface area contributed by atoms with Crippen molar-refractivity contribution in [1.29, 1.82) is 5.26 Å². The molecule has 0 radical (unpaired) electrons. The average Bonchev–Trinajstić information content (AvgIpc) is 2.45. The number of nitrogens with one attached hydrogen (secondary N) is 1. The molecule has 19 heavy (non-hydrogen) atoms. The van der Waals surface area contributed by atoms with Gasteiger partial charge in [-0.2, -0.15) is 5.26 Å². The number of aromatic nitrogens is 1. The van der Waals surface area contributed by atoms with Gasteiger partial charge in [0.2, 0.25) is 0 Å². The Bertz CT molecular complexity index is 649. The lowest BCUT2D eigenvalue weighted by molar-refractivity contribution is 0.0951. The molecule has 0 saturated carbocycles. The molecule has 0 spiro atoms. The maximum Gasteiger partial charge on any atom is 0.251 e. The lowest BCUT2D eigenvalue weighted by atomic mass is 10.1. The Balaban J connectivity index is 2.02. The number of nitriles is 1. The van der Waals surface area contributed by atoms with E-state index in [0.29, 0.717) is 17.7 Å². The molecule has 0 unspecified atom stereocenters. The third kappa shape index (κ3) is 3.54. The third-order valence-electron chi connectivity index (χ3n) is 2.50. The predicted molar refractivity (Wildman–Crippen MR) is 71.6 cm³/mol. The van der Waals surface area contributed by atoms with Crippen LogP contribution in [0.15, 0.2) is 42.6 Å². The molecule has 0 aliphatic rings. The molecule has 2 aromatic rings. The second-order valence-corrected chi connectivity index (χ2v) is 4.25. The monoisotopic (exact) mass is 271 g/mol. The first kappa shape index (κ1) is 13.1. The van der Waals surface area contributed by atoms with Crippen LogP contribution < -0.4 is 5.32 Å². The van der Waals surface area contributed by atoms with Gasteiger partial charge in [-0.25, -0.2) is 4.98 Å². The Morgan fingerprint density at radius 1 is 1.37 bits per heavy atom. The van der Waals surface area contributed by atoms with Crippen LogP contribution in [0.25, 0.3) is 0 Å². The van der Waals surface area contributed by atoms with Gasteiger partial charge in [0.1, 0.15) is 5.15 Å². The van der Waals surface area contributed by atoms with E-state index in [-0.39, 0.29) is 11.1 Å². The number of rotatable bonds is 3. The maximum atomic E-state index is 11.9. The Morgan fingerprint density at radius 2 is 2.21 bits per heavy atom. The molecule has 1 aromatic heterocycles. The smallest absolute Gasteiger partial charge is 0.251 e. The highest BCUT2D eigenvalue weighted by Gasteiger charge is 2.06. The number of hydrogen-bond acceptors (Lipinski definition) is 3. The van der Waals surface area contributed by atoms with Crippen LogP contribution >= 0.6 is 11.6 Å². The van der Waals surface area contributed by atoms with Gasteiger partial charge in [-0.3, -0.25) is 4.79 Å². The molecule has 1 N–H and O–H groups in total. The van der Waals surface area contributed by atoms with Crippen molar-refractivity contribution in [3.63, 3.8) is 0 Å². The van der Waals surface area contributed by atoms with E-state index in [9.17, 15) is 4.79 Å². The number of benzene rings is 1. The van der Waals surface area contributed by atoms with Gasteiger partial charge in [0.25, 0.3) is 5.91 Å². The first-order valence-corrected chi connectivity index (χ1v) is 5.95. The van der Waals surface area contributed by atoms with E-state index in [1.165, 1.54) is 12.3 Å². The van der Waals surface area contributed by atoms with E-state index in [4.69, 9.17) is 16.9 Å². The minimum absolute atomic E-state index is 0.230. The number of halogens is 1. The minimum Gasteiger partial charge on any atom is -0.348 e. The van der Waals surface area contributed by atoms with E-state index >= 15 is 0 Å². The summed E-state index contributed by atoms with van der Waals surface area (Å²) in [6.45, 7) is 0.355. The second-order valence-electron chi connectivity index (χ2n) is 3.86. The molecule has 1 aromatic carbocycles. The van der Waals surface area contributed by atoms with E-state index in [1.807, 2.05) is 6.07 Å². The van der Waals surface area contributed by atoms with Gasteiger partial charge in [0, 0.05) is 18.3 Å². The van der Waals surface area contributed by atoms with E-state index < -0.39 is 0 Å². The molecule has 0 aliphatic heterocycles. The van der Waals surface area contributed by atoms with Crippen molar-refractivity contribution in [3.8, 4) is 6.07 Å². The van der Waals surface area contributed by atoms with Crippen molar-refractivity contribution in [2.75, 3.05) is 0 Å². The fourth-order valence-corrected chi connectivity index (χ4v) is 1.75. The molecule has 0 atom stereocenters. The van der Waals surface area contributed by atoms with E-state index in [0.717, 1.165) is 5.56 Å². The lowest BCUT2D eigenvalue weighted by Gasteiger charge is -2.05. The number of carbonyl (C=O) groups is 1. The average molecular weight is 272 g/mol. The van der Waals surface area contributed by atoms with Crippen molar-refractivity contribution in [2.24, 2.45) is 0 Å². The summed E-state index contributed by atoms with van der Waals surface area (Å²) in [6, 6.07) is 12.2. The van der Waals surface area contributed by atoms with Crippen LogP contribution in [0.4, 0.5) is 0 Å². The number of pyridine rings is 1. The Labute approximate surface area is 115 Å². The summed E-state index contributed by atoms with van der Waals surface area (Å²) >= 11 is 5.72. The van der Waals surface area contributed by atoms with Crippen molar-refractivity contribution < 1.29 is 4.79 Å². The minimum atomic E-state index is -0.230. The summed E-state index contributed by atoms with van der Waals surface area (Å²) in [5.41, 5.74) is 1.89. The molecule has 0 fully saturated rings. The van der Waals surface area contributed by atoms with Gasteiger partial charge in [-0.15, -0.1) is 0 Å². The number of carbonyl (C=O) groups excluding carboxylic acids is 1. The summed E-state index contributed by atoms with van der Waals surface area (Å²) in [7, 11) is 0. The molecule has 4 nitrogen and oxygen atoms in total. The summed E-state index contributed by atoms with van der Waals surface area (Å²) in [5.74, 6) is -0.230. The van der Waals surface area contributed by atoms with Gasteiger partial charge >= 0.3 is 0 Å². The van der Waals surface area contributed by atoms with E-state index in [2.05, 4.69) is 16.4 Å². The quantitative estimate of drug-likeness (QED) is 0.873. The first-order chi connectivity index (χ1) is 9.19. The zero-order valence-corrected chi connectivity index (χ0v) is 10.7. The van der Waals surface area contributed by atoms with Crippen LogP contribution in [0.5, 0.6) is 0 Å². The second kappa shape index (κ2) is 5.98. The number of hydrogen-bond donors (Lipinski definition) is 1. The molecule has 0 aliphatic carbocycles. The summed E-state index contributed by atoms with van der Waals surface area (Å²) in [5, 5.41) is 11.8. The highest BCUT2D eigenvalue weighted by molar-refractivity contribution is 6.29. The van der Waals surface area contributed by atoms with Crippen molar-refractivity contribution in [2.45, 2.75) is 6.54 Å². The zero-order valence-electron chi connectivity index (χ0n) is 9.93. The third-order valence-corrected chi connectivity index (χ3v) is 2.70. The van der Waals surface area contributed by atoms with Crippen LogP contribution in [-0.2, 0) is 6.54 Å². The van der Waals surface area contributed by atoms with E-state index in [1.54, 1.807) is 24.3 Å². The highest BCUT2D eigenvalue weighted by Crippen LogP contribution is 2.08. The van der Waals surface area contributed by atoms with Crippen LogP contribution in [-0.4, -0.2) is 10.9 Å².